The van der Waals surface area contributed by atoms with E-state index in [4.69, 9.17) is 4.74 Å². The molecular weight excluding hydrogens is 248 g/mol. The minimum absolute atomic E-state index is 0.722. The predicted molar refractivity (Wildman–Crippen MR) is 84.5 cm³/mol. The second-order valence-corrected chi connectivity index (χ2v) is 5.60. The molecule has 0 amide bonds. The van der Waals surface area contributed by atoms with Crippen molar-refractivity contribution in [2.45, 2.75) is 38.6 Å². The molecule has 0 bridgehead atoms. The van der Waals surface area contributed by atoms with E-state index in [1.165, 1.54) is 31.5 Å². The molecular formula is C17H28N2O. The molecule has 112 valence electrons. The largest absolute Gasteiger partial charge is 0.494 e. The number of nitrogens with one attached hydrogen (secondary N) is 1. The minimum Gasteiger partial charge on any atom is -0.494 e. The van der Waals surface area contributed by atoms with Crippen LogP contribution in [0.2, 0.25) is 0 Å². The van der Waals surface area contributed by atoms with Gasteiger partial charge in [-0.2, -0.15) is 0 Å². The molecule has 0 unspecified atom stereocenters. The third kappa shape index (κ3) is 4.80. The first kappa shape index (κ1) is 15.3. The molecule has 1 fully saturated rings. The fourth-order valence-electron chi connectivity index (χ4n) is 2.74. The summed E-state index contributed by atoms with van der Waals surface area (Å²) in [4.78, 5) is 2.55. The van der Waals surface area contributed by atoms with Crippen LogP contribution >= 0.6 is 0 Å². The molecule has 0 spiro atoms. The van der Waals surface area contributed by atoms with Crippen molar-refractivity contribution < 1.29 is 4.74 Å². The van der Waals surface area contributed by atoms with Gasteiger partial charge in [-0.05, 0) is 63.5 Å². The summed E-state index contributed by atoms with van der Waals surface area (Å²) >= 11 is 0. The number of benzene rings is 1. The van der Waals surface area contributed by atoms with Crippen LogP contribution < -0.4 is 10.1 Å². The molecule has 1 saturated heterocycles. The number of hydrogen-bond acceptors (Lipinski definition) is 3. The second-order valence-electron chi connectivity index (χ2n) is 5.60. The molecule has 3 nitrogen and oxygen atoms in total. The zero-order valence-corrected chi connectivity index (χ0v) is 12.9. The molecule has 0 aromatic heterocycles. The highest BCUT2D eigenvalue weighted by Crippen LogP contribution is 2.13. The molecule has 0 atom stereocenters. The highest BCUT2D eigenvalue weighted by molar-refractivity contribution is 5.27. The van der Waals surface area contributed by atoms with Crippen LogP contribution in [-0.4, -0.2) is 44.2 Å². The van der Waals surface area contributed by atoms with Crippen LogP contribution in [0.1, 0.15) is 31.7 Å². The highest BCUT2D eigenvalue weighted by Gasteiger charge is 2.16. The Labute approximate surface area is 123 Å². The Hall–Kier alpha value is -1.06. The maximum absolute atomic E-state index is 5.80. The van der Waals surface area contributed by atoms with Crippen molar-refractivity contribution in [2.24, 2.45) is 0 Å². The van der Waals surface area contributed by atoms with Crippen LogP contribution in [-0.2, 0) is 6.42 Å². The van der Waals surface area contributed by atoms with Gasteiger partial charge in [-0.3, -0.25) is 0 Å². The van der Waals surface area contributed by atoms with E-state index in [1.807, 2.05) is 0 Å². The second kappa shape index (κ2) is 8.28. The molecule has 1 N–H and O–H groups in total. The van der Waals surface area contributed by atoms with Crippen molar-refractivity contribution in [3.05, 3.63) is 29.8 Å². The van der Waals surface area contributed by atoms with Crippen LogP contribution in [0.5, 0.6) is 5.75 Å². The molecule has 0 saturated carbocycles. The lowest BCUT2D eigenvalue weighted by Gasteiger charge is -2.31. The van der Waals surface area contributed by atoms with Gasteiger partial charge in [0.1, 0.15) is 5.75 Å². The first-order valence-corrected chi connectivity index (χ1v) is 7.93. The average Bonchev–Trinajstić information content (AvgIpc) is 2.53. The van der Waals surface area contributed by atoms with E-state index in [2.05, 4.69) is 48.5 Å². The summed E-state index contributed by atoms with van der Waals surface area (Å²) in [5, 5.41) is 3.37. The molecule has 1 aromatic rings. The lowest BCUT2D eigenvalue weighted by atomic mass is 10.1. The van der Waals surface area contributed by atoms with Gasteiger partial charge in [0.2, 0.25) is 0 Å². The minimum atomic E-state index is 0.722. The Bertz CT molecular complexity index is 369. The van der Waals surface area contributed by atoms with Gasteiger partial charge in [0.15, 0.2) is 0 Å². The molecule has 2 rings (SSSR count). The smallest absolute Gasteiger partial charge is 0.119 e. The third-order valence-corrected chi connectivity index (χ3v) is 4.21. The maximum Gasteiger partial charge on any atom is 0.119 e. The molecule has 0 aliphatic carbocycles. The summed E-state index contributed by atoms with van der Waals surface area (Å²) in [5.41, 5.74) is 1.37. The van der Waals surface area contributed by atoms with Gasteiger partial charge < -0.3 is 15.0 Å². The number of hydrogen-bond donors (Lipinski definition) is 1. The van der Waals surface area contributed by atoms with Crippen molar-refractivity contribution >= 4 is 0 Å². The van der Waals surface area contributed by atoms with Crippen molar-refractivity contribution in [1.29, 1.82) is 0 Å². The number of rotatable bonds is 7. The Morgan fingerprint density at radius 1 is 1.20 bits per heavy atom. The lowest BCUT2D eigenvalue weighted by Crippen LogP contribution is -2.41. The normalized spacial score (nSPS) is 17.3. The van der Waals surface area contributed by atoms with Crippen molar-refractivity contribution in [3.8, 4) is 5.75 Å². The number of aryl methyl sites for hydroxylation is 1. The first-order chi connectivity index (χ1) is 9.81. The zero-order chi connectivity index (χ0) is 14.2. The van der Waals surface area contributed by atoms with Crippen molar-refractivity contribution in [2.75, 3.05) is 33.3 Å². The Balaban J connectivity index is 1.59. The Morgan fingerprint density at radius 2 is 1.90 bits per heavy atom. The molecule has 1 aliphatic heterocycles. The van der Waals surface area contributed by atoms with Gasteiger partial charge in [-0.25, -0.2) is 0 Å². The van der Waals surface area contributed by atoms with E-state index < -0.39 is 0 Å². The van der Waals surface area contributed by atoms with Crippen LogP contribution in [0.3, 0.4) is 0 Å². The molecule has 3 heteroatoms. The van der Waals surface area contributed by atoms with Gasteiger partial charge in [-0.1, -0.05) is 19.1 Å². The predicted octanol–water partition coefficient (Wildman–Crippen LogP) is 2.70. The number of piperidine rings is 1. The number of likely N-dealkylation sites (tertiary alicyclic amines) is 1. The molecule has 1 heterocycles. The van der Waals surface area contributed by atoms with E-state index >= 15 is 0 Å². The van der Waals surface area contributed by atoms with Gasteiger partial charge in [-0.15, -0.1) is 0 Å². The Kier molecular flexibility index (Phi) is 6.34. The molecule has 1 aromatic carbocycles. The average molecular weight is 276 g/mol. The van der Waals surface area contributed by atoms with Crippen LogP contribution in [0, 0.1) is 0 Å². The van der Waals surface area contributed by atoms with Crippen molar-refractivity contribution in [1.82, 2.24) is 10.2 Å². The van der Waals surface area contributed by atoms with Crippen molar-refractivity contribution in [3.63, 3.8) is 0 Å². The summed E-state index contributed by atoms with van der Waals surface area (Å²) < 4.78 is 5.80. The SMILES string of the molecule is CCc1ccc(OCCCN2CCC(NC)CC2)cc1. The standard InChI is InChI=1S/C17H28N2O/c1-3-15-5-7-17(8-6-15)20-14-4-11-19-12-9-16(18-2)10-13-19/h5-8,16,18H,3-4,9-14H2,1-2H3. The molecule has 1 aliphatic rings. The first-order valence-electron chi connectivity index (χ1n) is 7.93. The summed E-state index contributed by atoms with van der Waals surface area (Å²) in [7, 11) is 2.07. The number of ether oxygens (including phenoxy) is 1. The van der Waals surface area contributed by atoms with Crippen LogP contribution in [0.15, 0.2) is 24.3 Å². The number of nitrogens with zero attached hydrogens (tertiary/aromatic N) is 1. The van der Waals surface area contributed by atoms with Gasteiger partial charge >= 0.3 is 0 Å². The van der Waals surface area contributed by atoms with Crippen LogP contribution in [0.25, 0.3) is 0 Å². The lowest BCUT2D eigenvalue weighted by molar-refractivity contribution is 0.185. The van der Waals surface area contributed by atoms with Gasteiger partial charge in [0.25, 0.3) is 0 Å². The van der Waals surface area contributed by atoms with Gasteiger partial charge in [0.05, 0.1) is 6.61 Å². The topological polar surface area (TPSA) is 24.5 Å². The molecule has 0 radical (unpaired) electrons. The zero-order valence-electron chi connectivity index (χ0n) is 12.9. The van der Waals surface area contributed by atoms with E-state index in [9.17, 15) is 0 Å². The fourth-order valence-corrected chi connectivity index (χ4v) is 2.74. The summed E-state index contributed by atoms with van der Waals surface area (Å²) in [6.07, 6.45) is 4.74. The van der Waals surface area contributed by atoms with E-state index in [-0.39, 0.29) is 0 Å². The van der Waals surface area contributed by atoms with E-state index in [0.29, 0.717) is 0 Å². The quantitative estimate of drug-likeness (QED) is 0.775. The summed E-state index contributed by atoms with van der Waals surface area (Å²) in [6, 6.07) is 9.18. The summed E-state index contributed by atoms with van der Waals surface area (Å²) in [6.45, 7) is 6.58. The third-order valence-electron chi connectivity index (χ3n) is 4.21. The highest BCUT2D eigenvalue weighted by atomic mass is 16.5. The maximum atomic E-state index is 5.80. The van der Waals surface area contributed by atoms with Crippen LogP contribution in [0.4, 0.5) is 0 Å². The molecule has 20 heavy (non-hydrogen) atoms. The Morgan fingerprint density at radius 3 is 2.50 bits per heavy atom. The van der Waals surface area contributed by atoms with Gasteiger partial charge in [0, 0.05) is 12.6 Å². The summed E-state index contributed by atoms with van der Waals surface area (Å²) in [5.74, 6) is 0.996. The monoisotopic (exact) mass is 276 g/mol. The van der Waals surface area contributed by atoms with E-state index in [0.717, 1.165) is 37.8 Å². The van der Waals surface area contributed by atoms with E-state index in [1.54, 1.807) is 0 Å². The fraction of sp³-hybridized carbons (Fsp3) is 0.647.